The highest BCUT2D eigenvalue weighted by Crippen LogP contribution is 2.26. The van der Waals surface area contributed by atoms with Crippen LogP contribution in [0.4, 0.5) is 0 Å². The summed E-state index contributed by atoms with van der Waals surface area (Å²) < 4.78 is 0. The van der Waals surface area contributed by atoms with Crippen LogP contribution < -0.4 is 0 Å². The Morgan fingerprint density at radius 3 is 2.74 bits per heavy atom. The maximum Gasteiger partial charge on any atom is 0.137 e. The maximum atomic E-state index is 4.30. The second-order valence-corrected chi connectivity index (χ2v) is 6.08. The van der Waals surface area contributed by atoms with Crippen molar-refractivity contribution in [1.29, 1.82) is 0 Å². The van der Waals surface area contributed by atoms with Crippen molar-refractivity contribution in [2.45, 2.75) is 44.1 Å². The van der Waals surface area contributed by atoms with Crippen molar-refractivity contribution in [3.63, 3.8) is 0 Å². The van der Waals surface area contributed by atoms with Crippen LogP contribution in [0.25, 0.3) is 0 Å². The van der Waals surface area contributed by atoms with Crippen LogP contribution in [-0.2, 0) is 0 Å². The van der Waals surface area contributed by atoms with Crippen molar-refractivity contribution in [1.82, 2.24) is 25.0 Å². The van der Waals surface area contributed by atoms with E-state index in [2.05, 4.69) is 32.0 Å². The number of nitrogens with zero attached hydrogens (tertiary/aromatic N) is 4. The molecule has 0 aliphatic carbocycles. The van der Waals surface area contributed by atoms with Gasteiger partial charge in [0.05, 0.1) is 0 Å². The molecule has 0 radical (unpaired) electrons. The standard InChI is InChI=1S/C14H25N5/c1-18-7-3-2-4-13(18)10-19-8-5-12(6-9-19)14-15-11-16-17-14/h11-13H,2-10H2,1H3,(H,15,16,17). The van der Waals surface area contributed by atoms with Gasteiger partial charge >= 0.3 is 0 Å². The van der Waals surface area contributed by atoms with Crippen LogP contribution in [0.1, 0.15) is 43.8 Å². The lowest BCUT2D eigenvalue weighted by molar-refractivity contribution is 0.111. The van der Waals surface area contributed by atoms with Crippen molar-refractivity contribution in [2.24, 2.45) is 0 Å². The highest BCUT2D eigenvalue weighted by Gasteiger charge is 2.26. The molecule has 0 saturated carbocycles. The summed E-state index contributed by atoms with van der Waals surface area (Å²) in [5.74, 6) is 1.66. The first kappa shape index (κ1) is 13.1. The van der Waals surface area contributed by atoms with Gasteiger partial charge in [-0.05, 0) is 52.4 Å². The van der Waals surface area contributed by atoms with E-state index in [1.54, 1.807) is 6.33 Å². The van der Waals surface area contributed by atoms with Crippen molar-refractivity contribution in [2.75, 3.05) is 33.2 Å². The molecule has 5 heteroatoms. The normalized spacial score (nSPS) is 27.7. The monoisotopic (exact) mass is 263 g/mol. The van der Waals surface area contributed by atoms with Crippen LogP contribution in [-0.4, -0.2) is 64.2 Å². The Morgan fingerprint density at radius 1 is 1.21 bits per heavy atom. The van der Waals surface area contributed by atoms with E-state index in [9.17, 15) is 0 Å². The first-order valence-electron chi connectivity index (χ1n) is 7.61. The van der Waals surface area contributed by atoms with Gasteiger partial charge in [-0.1, -0.05) is 6.42 Å². The number of hydrogen-bond donors (Lipinski definition) is 1. The number of rotatable bonds is 3. The number of likely N-dealkylation sites (tertiary alicyclic amines) is 2. The van der Waals surface area contributed by atoms with Crippen molar-refractivity contribution >= 4 is 0 Å². The molecule has 19 heavy (non-hydrogen) atoms. The van der Waals surface area contributed by atoms with E-state index < -0.39 is 0 Å². The summed E-state index contributed by atoms with van der Waals surface area (Å²) in [5.41, 5.74) is 0. The lowest BCUT2D eigenvalue weighted by atomic mass is 9.95. The molecular weight excluding hydrogens is 238 g/mol. The predicted molar refractivity (Wildman–Crippen MR) is 75.1 cm³/mol. The zero-order chi connectivity index (χ0) is 13.1. The molecular formula is C14H25N5. The minimum absolute atomic E-state index is 0.586. The molecule has 3 heterocycles. The second kappa shape index (κ2) is 6.01. The number of H-pyrrole nitrogens is 1. The largest absolute Gasteiger partial charge is 0.302 e. The fraction of sp³-hybridized carbons (Fsp3) is 0.857. The topological polar surface area (TPSA) is 48.1 Å². The third kappa shape index (κ3) is 3.15. The molecule has 1 N–H and O–H groups in total. The molecule has 0 amide bonds. The smallest absolute Gasteiger partial charge is 0.137 e. The SMILES string of the molecule is CN1CCCCC1CN1CCC(c2ncn[nH]2)CC1. The lowest BCUT2D eigenvalue weighted by Gasteiger charge is -2.38. The molecule has 3 rings (SSSR count). The average molecular weight is 263 g/mol. The third-order valence-electron chi connectivity index (χ3n) is 4.80. The van der Waals surface area contributed by atoms with Crippen LogP contribution in [0.15, 0.2) is 6.33 Å². The number of piperidine rings is 2. The van der Waals surface area contributed by atoms with Gasteiger partial charge in [-0.2, -0.15) is 5.10 Å². The summed E-state index contributed by atoms with van der Waals surface area (Å²) in [4.78, 5) is 9.49. The van der Waals surface area contributed by atoms with E-state index in [0.29, 0.717) is 5.92 Å². The lowest BCUT2D eigenvalue weighted by Crippen LogP contribution is -2.46. The van der Waals surface area contributed by atoms with Gasteiger partial charge in [-0.3, -0.25) is 5.10 Å². The molecule has 0 spiro atoms. The van der Waals surface area contributed by atoms with E-state index in [-0.39, 0.29) is 0 Å². The number of aromatic amines is 1. The fourth-order valence-electron chi connectivity index (χ4n) is 3.47. The first-order valence-corrected chi connectivity index (χ1v) is 7.61. The van der Waals surface area contributed by atoms with E-state index in [0.717, 1.165) is 11.9 Å². The molecule has 2 aliphatic rings. The summed E-state index contributed by atoms with van der Waals surface area (Å²) in [5, 5.41) is 6.99. The Balaban J connectivity index is 1.47. The molecule has 1 unspecified atom stereocenters. The molecule has 1 atom stereocenters. The summed E-state index contributed by atoms with van der Waals surface area (Å²) >= 11 is 0. The van der Waals surface area contributed by atoms with Gasteiger partial charge in [0.2, 0.25) is 0 Å². The Hall–Kier alpha value is -0.940. The van der Waals surface area contributed by atoms with E-state index in [1.165, 1.54) is 58.3 Å². The first-order chi connectivity index (χ1) is 9.33. The number of likely N-dealkylation sites (N-methyl/N-ethyl adjacent to an activating group) is 1. The Bertz CT molecular complexity index is 369. The molecule has 1 aromatic rings. The fourth-order valence-corrected chi connectivity index (χ4v) is 3.47. The second-order valence-electron chi connectivity index (χ2n) is 6.08. The summed E-state index contributed by atoms with van der Waals surface area (Å²) in [7, 11) is 2.28. The maximum absolute atomic E-state index is 4.30. The summed E-state index contributed by atoms with van der Waals surface area (Å²) in [6, 6.07) is 0.774. The van der Waals surface area contributed by atoms with E-state index in [4.69, 9.17) is 0 Å². The number of hydrogen-bond acceptors (Lipinski definition) is 4. The summed E-state index contributed by atoms with van der Waals surface area (Å²) in [6.07, 6.45) is 8.21. The molecule has 2 saturated heterocycles. The van der Waals surface area contributed by atoms with E-state index >= 15 is 0 Å². The van der Waals surface area contributed by atoms with Crippen LogP contribution in [0, 0.1) is 0 Å². The van der Waals surface area contributed by atoms with Crippen LogP contribution in [0.5, 0.6) is 0 Å². The molecule has 0 aromatic carbocycles. The Kier molecular flexibility index (Phi) is 4.13. The van der Waals surface area contributed by atoms with Gasteiger partial charge in [0, 0.05) is 18.5 Å². The average Bonchev–Trinajstić information content (AvgIpc) is 2.96. The predicted octanol–water partition coefficient (Wildman–Crippen LogP) is 1.47. The zero-order valence-electron chi connectivity index (χ0n) is 11.9. The molecule has 0 bridgehead atoms. The zero-order valence-corrected chi connectivity index (χ0v) is 11.9. The van der Waals surface area contributed by atoms with Crippen LogP contribution >= 0.6 is 0 Å². The minimum Gasteiger partial charge on any atom is -0.302 e. The van der Waals surface area contributed by atoms with Crippen molar-refractivity contribution in [3.05, 3.63) is 12.2 Å². The highest BCUT2D eigenvalue weighted by molar-refractivity contribution is 4.96. The van der Waals surface area contributed by atoms with Gasteiger partial charge in [0.25, 0.3) is 0 Å². The van der Waals surface area contributed by atoms with Gasteiger partial charge < -0.3 is 9.80 Å². The number of aromatic nitrogens is 3. The van der Waals surface area contributed by atoms with Gasteiger partial charge in [0.1, 0.15) is 12.2 Å². The van der Waals surface area contributed by atoms with Gasteiger partial charge in [-0.25, -0.2) is 4.98 Å². The van der Waals surface area contributed by atoms with Crippen molar-refractivity contribution < 1.29 is 0 Å². The Labute approximate surface area is 115 Å². The number of nitrogens with one attached hydrogen (secondary N) is 1. The molecule has 106 valence electrons. The van der Waals surface area contributed by atoms with Crippen LogP contribution in [0.3, 0.4) is 0 Å². The highest BCUT2D eigenvalue weighted by atomic mass is 15.2. The molecule has 1 aromatic heterocycles. The molecule has 2 aliphatic heterocycles. The Morgan fingerprint density at radius 2 is 2.05 bits per heavy atom. The minimum atomic E-state index is 0.586. The van der Waals surface area contributed by atoms with E-state index in [1.807, 2.05) is 0 Å². The molecule has 5 nitrogen and oxygen atoms in total. The van der Waals surface area contributed by atoms with Crippen molar-refractivity contribution in [3.8, 4) is 0 Å². The van der Waals surface area contributed by atoms with Gasteiger partial charge in [0.15, 0.2) is 0 Å². The third-order valence-corrected chi connectivity index (χ3v) is 4.80. The van der Waals surface area contributed by atoms with Gasteiger partial charge in [-0.15, -0.1) is 0 Å². The quantitative estimate of drug-likeness (QED) is 0.897. The van der Waals surface area contributed by atoms with Crippen LogP contribution in [0.2, 0.25) is 0 Å². The molecule has 2 fully saturated rings. The summed E-state index contributed by atoms with van der Waals surface area (Å²) in [6.45, 7) is 4.93.